The van der Waals surface area contributed by atoms with Gasteiger partial charge in [-0.25, -0.2) is 4.39 Å². The van der Waals surface area contributed by atoms with Crippen molar-refractivity contribution in [2.24, 2.45) is 0 Å². The first-order valence-electron chi connectivity index (χ1n) is 13.8. The van der Waals surface area contributed by atoms with Gasteiger partial charge in [-0.2, -0.15) is 0 Å². The molecule has 0 radical (unpaired) electrons. The number of aromatic nitrogens is 1. The van der Waals surface area contributed by atoms with Gasteiger partial charge in [0.1, 0.15) is 12.4 Å². The minimum Gasteiger partial charge on any atom is -0.550 e. The third-order valence-electron chi connectivity index (χ3n) is 6.95. The molecule has 2 unspecified atom stereocenters. The van der Waals surface area contributed by atoms with Crippen LogP contribution in [-0.4, -0.2) is 33.0 Å². The summed E-state index contributed by atoms with van der Waals surface area (Å²) in [4.78, 5) is 16.9. The molecule has 3 aromatic carbocycles. The predicted octanol–water partition coefficient (Wildman–Crippen LogP) is 2.27. The number of aliphatic carboxylic acids is 1. The molecule has 0 bridgehead atoms. The van der Waals surface area contributed by atoms with E-state index in [1.807, 2.05) is 60.7 Å². The Morgan fingerprint density at radius 2 is 1.55 bits per heavy atom. The van der Waals surface area contributed by atoms with Crippen molar-refractivity contribution in [2.75, 3.05) is 5.48 Å². The van der Waals surface area contributed by atoms with E-state index in [1.165, 1.54) is 12.1 Å². The fourth-order valence-electron chi connectivity index (χ4n) is 5.24. The second-order valence-corrected chi connectivity index (χ2v) is 10.4. The molecule has 4 rings (SSSR count). The van der Waals surface area contributed by atoms with Crippen molar-refractivity contribution in [3.63, 3.8) is 0 Å². The summed E-state index contributed by atoms with van der Waals surface area (Å²) in [5.74, 6) is -1.65. The van der Waals surface area contributed by atoms with E-state index in [-0.39, 0.29) is 60.7 Å². The maximum atomic E-state index is 14.0. The van der Waals surface area contributed by atoms with Gasteiger partial charge in [0.15, 0.2) is 0 Å². The first-order chi connectivity index (χ1) is 19.7. The minimum atomic E-state index is -1.36. The number of aliphatic hydroxyl groups excluding tert-OH is 2. The van der Waals surface area contributed by atoms with E-state index in [2.05, 4.69) is 23.9 Å². The van der Waals surface area contributed by atoms with E-state index in [0.717, 1.165) is 39.3 Å². The molecule has 216 valence electrons. The Balaban J connectivity index is 0.00000484. The number of carbonyl (C=O) groups is 1. The average Bonchev–Trinajstić information content (AvgIpc) is 3.27. The summed E-state index contributed by atoms with van der Waals surface area (Å²) in [5, 5.41) is 31.6. The third kappa shape index (κ3) is 8.77. The fraction of sp³-hybridized carbons (Fsp3) is 0.303. The molecular formula is C33H36FN2NaO5. The number of anilines is 1. The van der Waals surface area contributed by atoms with Crippen LogP contribution < -0.4 is 40.1 Å². The molecule has 0 aliphatic heterocycles. The maximum absolute atomic E-state index is 14.0. The number of nitrogens with zero attached hydrogens (tertiary/aromatic N) is 1. The van der Waals surface area contributed by atoms with Crippen LogP contribution in [-0.2, 0) is 22.8 Å². The van der Waals surface area contributed by atoms with Gasteiger partial charge in [0.25, 0.3) is 0 Å². The number of nitrogens with one attached hydrogen (secondary N) is 1. The van der Waals surface area contributed by atoms with E-state index >= 15 is 0 Å². The Labute approximate surface area is 268 Å². The first-order valence-corrected chi connectivity index (χ1v) is 13.8. The topological polar surface area (TPSA) is 107 Å². The smallest absolute Gasteiger partial charge is 0.550 e. The number of rotatable bonds is 14. The van der Waals surface area contributed by atoms with Gasteiger partial charge in [-0.05, 0) is 66.3 Å². The van der Waals surface area contributed by atoms with Crippen molar-refractivity contribution in [1.82, 2.24) is 4.57 Å². The van der Waals surface area contributed by atoms with Crippen LogP contribution in [0.15, 0.2) is 84.9 Å². The van der Waals surface area contributed by atoms with Crippen LogP contribution in [0.3, 0.4) is 0 Å². The Bertz CT molecular complexity index is 1410. The normalized spacial score (nSPS) is 12.5. The molecule has 1 aromatic heterocycles. The van der Waals surface area contributed by atoms with Crippen LogP contribution in [0.4, 0.5) is 10.1 Å². The quantitative estimate of drug-likeness (QED) is 0.156. The van der Waals surface area contributed by atoms with Gasteiger partial charge >= 0.3 is 29.6 Å². The summed E-state index contributed by atoms with van der Waals surface area (Å²) < 4.78 is 16.1. The van der Waals surface area contributed by atoms with E-state index in [0.29, 0.717) is 6.54 Å². The Morgan fingerprint density at radius 1 is 0.929 bits per heavy atom. The molecule has 0 spiro atoms. The molecule has 9 heteroatoms. The van der Waals surface area contributed by atoms with Crippen molar-refractivity contribution in [2.45, 2.75) is 64.4 Å². The van der Waals surface area contributed by atoms with Crippen molar-refractivity contribution in [3.05, 3.63) is 102 Å². The zero-order valence-electron chi connectivity index (χ0n) is 24.3. The molecule has 0 fully saturated rings. The summed E-state index contributed by atoms with van der Waals surface area (Å²) >= 11 is 0. The summed E-state index contributed by atoms with van der Waals surface area (Å²) in [6.07, 6.45) is -2.49. The Kier molecular flexibility index (Phi) is 12.8. The number of aliphatic hydroxyl groups is 2. The van der Waals surface area contributed by atoms with Crippen molar-refractivity contribution >= 4 is 11.7 Å². The molecule has 0 aliphatic rings. The fourth-order valence-corrected chi connectivity index (χ4v) is 5.24. The Hall–Kier alpha value is -2.98. The largest absolute Gasteiger partial charge is 1.00 e. The number of halogens is 1. The predicted molar refractivity (Wildman–Crippen MR) is 155 cm³/mol. The van der Waals surface area contributed by atoms with Crippen LogP contribution >= 0.6 is 0 Å². The van der Waals surface area contributed by atoms with E-state index in [4.69, 9.17) is 4.84 Å². The molecular weight excluding hydrogens is 546 g/mol. The first kappa shape index (κ1) is 33.5. The van der Waals surface area contributed by atoms with Crippen LogP contribution in [0.25, 0.3) is 22.4 Å². The van der Waals surface area contributed by atoms with Gasteiger partial charge in [0.05, 0.1) is 23.6 Å². The van der Waals surface area contributed by atoms with Crippen LogP contribution in [0.1, 0.15) is 50.3 Å². The number of para-hydroxylation sites is 1. The summed E-state index contributed by atoms with van der Waals surface area (Å²) in [6.45, 7) is 4.79. The number of benzene rings is 3. The zero-order chi connectivity index (χ0) is 29.4. The van der Waals surface area contributed by atoms with E-state index < -0.39 is 24.6 Å². The molecule has 7 nitrogen and oxygen atoms in total. The van der Waals surface area contributed by atoms with E-state index in [9.17, 15) is 24.5 Å². The molecule has 0 saturated carbocycles. The molecule has 2 atom stereocenters. The van der Waals surface area contributed by atoms with Crippen molar-refractivity contribution < 1.29 is 58.9 Å². The van der Waals surface area contributed by atoms with Gasteiger partial charge in [0, 0.05) is 35.8 Å². The standard InChI is InChI=1S/C33H37FN2O5.Na/c1-22(2)32-29(21-41-35-26-11-7-4-8-12-26)31(23-9-5-3-6-10-23)33(24-13-15-25(34)16-14-24)36(32)18-17-27(37)19-28(38)20-30(39)40;/h3-16,22,27-28,35,37-38H,17-21H2,1-2H3,(H,39,40);/q;+1/p-1. The second kappa shape index (κ2) is 16.0. The van der Waals surface area contributed by atoms with Gasteiger partial charge < -0.3 is 24.7 Å². The van der Waals surface area contributed by atoms with Gasteiger partial charge in [-0.1, -0.05) is 62.4 Å². The summed E-state index contributed by atoms with van der Waals surface area (Å²) in [6, 6.07) is 25.8. The average molecular weight is 583 g/mol. The summed E-state index contributed by atoms with van der Waals surface area (Å²) in [5.41, 5.74) is 9.38. The number of carbonyl (C=O) groups excluding carboxylic acids is 1. The van der Waals surface area contributed by atoms with Crippen molar-refractivity contribution in [3.8, 4) is 22.4 Å². The third-order valence-corrected chi connectivity index (χ3v) is 6.95. The Morgan fingerprint density at radius 3 is 2.14 bits per heavy atom. The van der Waals surface area contributed by atoms with Gasteiger partial charge in [-0.15, -0.1) is 0 Å². The number of hydrogen-bond acceptors (Lipinski definition) is 6. The maximum Gasteiger partial charge on any atom is 1.00 e. The van der Waals surface area contributed by atoms with Crippen LogP contribution in [0.2, 0.25) is 0 Å². The molecule has 4 aromatic rings. The summed E-state index contributed by atoms with van der Waals surface area (Å²) in [7, 11) is 0. The molecule has 42 heavy (non-hydrogen) atoms. The molecule has 0 aliphatic carbocycles. The van der Waals surface area contributed by atoms with Crippen molar-refractivity contribution in [1.29, 1.82) is 0 Å². The molecule has 3 N–H and O–H groups in total. The van der Waals surface area contributed by atoms with E-state index in [1.54, 1.807) is 12.1 Å². The number of hydrogen-bond donors (Lipinski definition) is 3. The SMILES string of the molecule is CC(C)c1c(CONc2ccccc2)c(-c2ccccc2)c(-c2ccc(F)cc2)n1CCC(O)CC(O)CC(=O)[O-].[Na+]. The van der Waals surface area contributed by atoms with Gasteiger partial charge in [-0.3, -0.25) is 10.3 Å². The minimum absolute atomic E-state index is 0. The molecule has 0 amide bonds. The molecule has 1 heterocycles. The zero-order valence-corrected chi connectivity index (χ0v) is 26.3. The van der Waals surface area contributed by atoms with Crippen LogP contribution in [0.5, 0.6) is 0 Å². The van der Waals surface area contributed by atoms with Gasteiger partial charge in [0.2, 0.25) is 0 Å². The monoisotopic (exact) mass is 582 g/mol. The second-order valence-electron chi connectivity index (χ2n) is 10.4. The number of carboxylic acids is 1. The van der Waals surface area contributed by atoms with Crippen LogP contribution in [0, 0.1) is 5.82 Å². The number of carboxylic acid groups (broad SMARTS) is 1. The molecule has 0 saturated heterocycles.